The maximum absolute atomic E-state index is 12.8. The summed E-state index contributed by atoms with van der Waals surface area (Å²) < 4.78 is 5.30. The molecule has 3 aromatic rings. The molecular formula is C20H19Cl2N5O2. The molecule has 0 atom stereocenters. The van der Waals surface area contributed by atoms with E-state index in [4.69, 9.17) is 27.9 Å². The molecule has 29 heavy (non-hydrogen) atoms. The van der Waals surface area contributed by atoms with Crippen LogP contribution in [0.1, 0.15) is 0 Å². The Morgan fingerprint density at radius 1 is 1.00 bits per heavy atom. The summed E-state index contributed by atoms with van der Waals surface area (Å²) in [6.07, 6.45) is 0. The van der Waals surface area contributed by atoms with Crippen LogP contribution in [0.2, 0.25) is 10.0 Å². The van der Waals surface area contributed by atoms with E-state index in [1.807, 2.05) is 36.4 Å². The minimum absolute atomic E-state index is 0.239. The van der Waals surface area contributed by atoms with E-state index in [1.54, 1.807) is 11.0 Å². The molecule has 1 saturated heterocycles. The molecule has 0 aliphatic carbocycles. The van der Waals surface area contributed by atoms with E-state index in [-0.39, 0.29) is 11.9 Å². The maximum Gasteiger partial charge on any atom is 0.323 e. The highest BCUT2D eigenvalue weighted by molar-refractivity contribution is 6.35. The van der Waals surface area contributed by atoms with Gasteiger partial charge < -0.3 is 14.5 Å². The molecule has 2 amide bonds. The van der Waals surface area contributed by atoms with Gasteiger partial charge in [0.1, 0.15) is 0 Å². The second-order valence-electron chi connectivity index (χ2n) is 6.60. The number of nitrogens with one attached hydrogen (secondary N) is 1. The fourth-order valence-electron chi connectivity index (χ4n) is 3.28. The molecule has 7 nitrogen and oxygen atoms in total. The summed E-state index contributed by atoms with van der Waals surface area (Å²) in [5, 5.41) is 4.01. The number of anilines is 2. The summed E-state index contributed by atoms with van der Waals surface area (Å²) >= 11 is 12.2. The Morgan fingerprint density at radius 3 is 2.24 bits per heavy atom. The van der Waals surface area contributed by atoms with Gasteiger partial charge in [0, 0.05) is 41.9 Å². The van der Waals surface area contributed by atoms with Crippen LogP contribution < -0.4 is 15.0 Å². The lowest BCUT2D eigenvalue weighted by atomic mass is 10.2. The Kier molecular flexibility index (Phi) is 5.60. The van der Waals surface area contributed by atoms with E-state index in [0.29, 0.717) is 53.1 Å². The van der Waals surface area contributed by atoms with Crippen molar-refractivity contribution in [3.05, 3.63) is 52.5 Å². The molecule has 1 aromatic heterocycles. The van der Waals surface area contributed by atoms with Gasteiger partial charge in [0.05, 0.1) is 18.1 Å². The summed E-state index contributed by atoms with van der Waals surface area (Å²) in [5.74, 6) is 0.588. The zero-order valence-corrected chi connectivity index (χ0v) is 17.2. The summed E-state index contributed by atoms with van der Waals surface area (Å²) in [4.78, 5) is 25.5. The number of urea groups is 1. The van der Waals surface area contributed by atoms with Gasteiger partial charge in [-0.2, -0.15) is 0 Å². The average Bonchev–Trinajstić information content (AvgIpc) is 2.72. The third-order valence-electron chi connectivity index (χ3n) is 4.74. The molecule has 9 heteroatoms. The Bertz CT molecular complexity index is 1030. The standard InChI is InChI=1S/C20H19Cl2N5O2/c1-29-19-18(23-16-4-2-3-5-17(16)24-19)25-20(28)27-8-6-26(7-9-27)15-11-13(21)10-14(22)12-15/h2-5,10-12H,6-9H2,1H3,(H,23,25,28). The van der Waals surface area contributed by atoms with E-state index >= 15 is 0 Å². The number of benzene rings is 2. The quantitative estimate of drug-likeness (QED) is 0.669. The van der Waals surface area contributed by atoms with Crippen LogP contribution in [0.15, 0.2) is 42.5 Å². The number of carbonyl (C=O) groups excluding carboxylic acids is 1. The predicted molar refractivity (Wildman–Crippen MR) is 115 cm³/mol. The lowest BCUT2D eigenvalue weighted by Crippen LogP contribution is -2.50. The monoisotopic (exact) mass is 431 g/mol. The Hall–Kier alpha value is -2.77. The average molecular weight is 432 g/mol. The van der Waals surface area contributed by atoms with Crippen LogP contribution >= 0.6 is 23.2 Å². The van der Waals surface area contributed by atoms with Crippen molar-refractivity contribution in [3.63, 3.8) is 0 Å². The summed E-state index contributed by atoms with van der Waals surface area (Å²) in [6, 6.07) is 12.6. The summed E-state index contributed by atoms with van der Waals surface area (Å²) in [6.45, 7) is 2.45. The van der Waals surface area contributed by atoms with Crippen molar-refractivity contribution >= 4 is 51.8 Å². The highest BCUT2D eigenvalue weighted by Crippen LogP contribution is 2.27. The number of rotatable bonds is 3. The van der Waals surface area contributed by atoms with Gasteiger partial charge in [-0.3, -0.25) is 5.32 Å². The number of ether oxygens (including phenoxy) is 1. The number of piperazine rings is 1. The highest BCUT2D eigenvalue weighted by Gasteiger charge is 2.23. The summed E-state index contributed by atoms with van der Waals surface area (Å²) in [7, 11) is 1.50. The number of halogens is 2. The first-order valence-corrected chi connectivity index (χ1v) is 9.87. The van der Waals surface area contributed by atoms with E-state index in [0.717, 1.165) is 5.69 Å². The largest absolute Gasteiger partial charge is 0.478 e. The summed E-state index contributed by atoms with van der Waals surface area (Å²) in [5.41, 5.74) is 2.34. The van der Waals surface area contributed by atoms with E-state index in [2.05, 4.69) is 20.2 Å². The predicted octanol–water partition coefficient (Wildman–Crippen LogP) is 4.30. The van der Waals surface area contributed by atoms with Crippen LogP contribution in [0, 0.1) is 0 Å². The SMILES string of the molecule is COc1nc2ccccc2nc1NC(=O)N1CCN(c2cc(Cl)cc(Cl)c2)CC1. The maximum atomic E-state index is 12.8. The second-order valence-corrected chi connectivity index (χ2v) is 7.47. The first kappa shape index (κ1) is 19.5. The number of aromatic nitrogens is 2. The zero-order chi connectivity index (χ0) is 20.4. The lowest BCUT2D eigenvalue weighted by molar-refractivity contribution is 0.208. The molecule has 0 saturated carbocycles. The van der Waals surface area contributed by atoms with Crippen molar-refractivity contribution < 1.29 is 9.53 Å². The van der Waals surface area contributed by atoms with Gasteiger partial charge in [0.25, 0.3) is 5.88 Å². The van der Waals surface area contributed by atoms with Gasteiger partial charge in [-0.1, -0.05) is 35.3 Å². The minimum Gasteiger partial charge on any atom is -0.478 e. The van der Waals surface area contributed by atoms with Gasteiger partial charge in [0.2, 0.25) is 0 Å². The fraction of sp³-hybridized carbons (Fsp3) is 0.250. The first-order valence-electron chi connectivity index (χ1n) is 9.11. The number of fused-ring (bicyclic) bond motifs is 1. The molecule has 1 fully saturated rings. The second kappa shape index (κ2) is 8.31. The van der Waals surface area contributed by atoms with Gasteiger partial charge in [-0.25, -0.2) is 14.8 Å². The normalized spacial score (nSPS) is 14.2. The molecule has 2 aromatic carbocycles. The number of hydrogen-bond acceptors (Lipinski definition) is 5. The smallest absolute Gasteiger partial charge is 0.323 e. The Balaban J connectivity index is 1.44. The van der Waals surface area contributed by atoms with Crippen LogP contribution in [-0.2, 0) is 0 Å². The first-order chi connectivity index (χ1) is 14.0. The molecule has 1 N–H and O–H groups in total. The third-order valence-corrected chi connectivity index (χ3v) is 5.17. The number of nitrogens with zero attached hydrogens (tertiary/aromatic N) is 4. The van der Waals surface area contributed by atoms with E-state index in [1.165, 1.54) is 7.11 Å². The molecular weight excluding hydrogens is 413 g/mol. The van der Waals surface area contributed by atoms with Gasteiger partial charge in [-0.15, -0.1) is 0 Å². The number of carbonyl (C=O) groups is 1. The number of hydrogen-bond donors (Lipinski definition) is 1. The molecule has 2 heterocycles. The van der Waals surface area contributed by atoms with Crippen molar-refractivity contribution in [2.75, 3.05) is 43.5 Å². The van der Waals surface area contributed by atoms with Gasteiger partial charge >= 0.3 is 6.03 Å². The van der Waals surface area contributed by atoms with Crippen LogP contribution in [0.3, 0.4) is 0 Å². The number of methoxy groups -OCH3 is 1. The molecule has 0 unspecified atom stereocenters. The molecule has 150 valence electrons. The van der Waals surface area contributed by atoms with Crippen LogP contribution in [0.25, 0.3) is 11.0 Å². The highest BCUT2D eigenvalue weighted by atomic mass is 35.5. The zero-order valence-electron chi connectivity index (χ0n) is 15.7. The van der Waals surface area contributed by atoms with E-state index < -0.39 is 0 Å². The topological polar surface area (TPSA) is 70.6 Å². The van der Waals surface area contributed by atoms with Crippen LogP contribution in [0.5, 0.6) is 5.88 Å². The van der Waals surface area contributed by atoms with Crippen molar-refractivity contribution in [1.82, 2.24) is 14.9 Å². The minimum atomic E-state index is -0.239. The van der Waals surface area contributed by atoms with Crippen LogP contribution in [0.4, 0.5) is 16.3 Å². The van der Waals surface area contributed by atoms with Crippen molar-refractivity contribution in [3.8, 4) is 5.88 Å². The Labute approximate surface area is 178 Å². The van der Waals surface area contributed by atoms with Crippen molar-refractivity contribution in [2.24, 2.45) is 0 Å². The third kappa shape index (κ3) is 4.31. The number of para-hydroxylation sites is 2. The number of amides is 2. The van der Waals surface area contributed by atoms with Gasteiger partial charge in [-0.05, 0) is 30.3 Å². The fourth-order valence-corrected chi connectivity index (χ4v) is 3.79. The molecule has 1 aliphatic rings. The van der Waals surface area contributed by atoms with Crippen molar-refractivity contribution in [2.45, 2.75) is 0 Å². The van der Waals surface area contributed by atoms with Crippen molar-refractivity contribution in [1.29, 1.82) is 0 Å². The lowest BCUT2D eigenvalue weighted by Gasteiger charge is -2.36. The molecule has 4 rings (SSSR count). The Morgan fingerprint density at radius 2 is 1.62 bits per heavy atom. The molecule has 0 bridgehead atoms. The van der Waals surface area contributed by atoms with Gasteiger partial charge in [0.15, 0.2) is 5.82 Å². The van der Waals surface area contributed by atoms with Crippen LogP contribution in [-0.4, -0.2) is 54.2 Å². The molecule has 0 spiro atoms. The molecule has 0 radical (unpaired) electrons. The molecule has 1 aliphatic heterocycles. The van der Waals surface area contributed by atoms with E-state index in [9.17, 15) is 4.79 Å².